The Morgan fingerprint density at radius 2 is 0.571 bits per heavy atom. The van der Waals surface area contributed by atoms with Crippen LogP contribution >= 0.6 is 0 Å². The van der Waals surface area contributed by atoms with Crippen molar-refractivity contribution in [3.63, 3.8) is 0 Å². The highest BCUT2D eigenvalue weighted by Gasteiger charge is 2.21. The summed E-state index contributed by atoms with van der Waals surface area (Å²) < 4.78 is 0. The van der Waals surface area contributed by atoms with Gasteiger partial charge in [-0.05, 0) is 24.3 Å². The minimum absolute atomic E-state index is 0.0734. The predicted molar refractivity (Wildman–Crippen MR) is 107 cm³/mol. The summed E-state index contributed by atoms with van der Waals surface area (Å²) in [6.45, 7) is 18.3. The van der Waals surface area contributed by atoms with Crippen molar-refractivity contribution >= 4 is 23.6 Å². The van der Waals surface area contributed by atoms with E-state index in [1.807, 2.05) is 0 Å². The van der Waals surface area contributed by atoms with Crippen molar-refractivity contribution in [3.05, 3.63) is 50.6 Å². The second kappa shape index (κ2) is 11.5. The van der Waals surface area contributed by atoms with Gasteiger partial charge in [-0.1, -0.05) is 26.3 Å². The summed E-state index contributed by atoms with van der Waals surface area (Å²) in [5, 5.41) is 0. The number of rotatable bonds is 4. The van der Waals surface area contributed by atoms with E-state index in [1.54, 1.807) is 19.6 Å². The van der Waals surface area contributed by atoms with E-state index >= 15 is 0 Å². The summed E-state index contributed by atoms with van der Waals surface area (Å²) in [7, 11) is 0. The predicted octanol–water partition coefficient (Wildman–Crippen LogP) is 0.0584. The molecule has 0 aliphatic carbocycles. The van der Waals surface area contributed by atoms with Crippen LogP contribution in [0.5, 0.6) is 0 Å². The molecule has 4 amide bonds. The topological polar surface area (TPSA) is 81.2 Å². The number of amides is 4. The zero-order valence-electron chi connectivity index (χ0n) is 16.2. The molecule has 0 bridgehead atoms. The number of carbonyl (C=O) groups is 4. The second-order valence-corrected chi connectivity index (χ2v) is 6.12. The zero-order chi connectivity index (χ0) is 21.1. The lowest BCUT2D eigenvalue weighted by Gasteiger charge is -2.33. The van der Waals surface area contributed by atoms with Crippen molar-refractivity contribution in [3.8, 4) is 0 Å². The molecule has 0 spiro atoms. The monoisotopic (exact) mass is 388 g/mol. The van der Waals surface area contributed by atoms with Crippen LogP contribution in [-0.2, 0) is 19.2 Å². The summed E-state index contributed by atoms with van der Waals surface area (Å²) in [5.41, 5.74) is 0. The lowest BCUT2D eigenvalue weighted by Crippen LogP contribution is -2.49. The Morgan fingerprint density at radius 1 is 0.429 bits per heavy atom. The van der Waals surface area contributed by atoms with Gasteiger partial charge in [-0.25, -0.2) is 0 Å². The fraction of sp³-hybridized carbons (Fsp3) is 0.400. The maximum atomic E-state index is 11.2. The van der Waals surface area contributed by atoms with Crippen molar-refractivity contribution in [1.29, 1.82) is 0 Å². The van der Waals surface area contributed by atoms with Gasteiger partial charge in [0.05, 0.1) is 0 Å². The number of nitrogens with zero attached hydrogens (tertiary/aromatic N) is 4. The van der Waals surface area contributed by atoms with Crippen LogP contribution in [0, 0.1) is 0 Å². The van der Waals surface area contributed by atoms with Gasteiger partial charge in [0.15, 0.2) is 0 Å². The first-order valence-corrected chi connectivity index (χ1v) is 9.03. The maximum Gasteiger partial charge on any atom is 0.246 e. The first-order chi connectivity index (χ1) is 13.4. The number of hydrogen-bond donors (Lipinski definition) is 0. The van der Waals surface area contributed by atoms with Crippen LogP contribution in [0.1, 0.15) is 0 Å². The van der Waals surface area contributed by atoms with E-state index in [1.165, 1.54) is 24.3 Å². The molecular formula is C20H28N4O4. The van der Waals surface area contributed by atoms with E-state index in [0.29, 0.717) is 52.4 Å². The highest BCUT2D eigenvalue weighted by molar-refractivity contribution is 5.89. The summed E-state index contributed by atoms with van der Waals surface area (Å²) >= 11 is 0. The molecule has 0 aromatic carbocycles. The second-order valence-electron chi connectivity index (χ2n) is 6.12. The molecule has 28 heavy (non-hydrogen) atoms. The average Bonchev–Trinajstić information content (AvgIpc) is 2.77. The summed E-state index contributed by atoms with van der Waals surface area (Å²) in [5.74, 6) is -0.294. The molecule has 0 saturated carbocycles. The third-order valence-corrected chi connectivity index (χ3v) is 4.50. The minimum atomic E-state index is -0.0734. The van der Waals surface area contributed by atoms with E-state index in [9.17, 15) is 19.2 Å². The number of carbonyl (C=O) groups excluding carboxylic acids is 4. The maximum absolute atomic E-state index is 11.2. The number of piperazine rings is 2. The molecule has 2 fully saturated rings. The smallest absolute Gasteiger partial charge is 0.246 e. The van der Waals surface area contributed by atoms with E-state index in [2.05, 4.69) is 26.3 Å². The van der Waals surface area contributed by atoms with Crippen molar-refractivity contribution in [2.24, 2.45) is 0 Å². The third-order valence-electron chi connectivity index (χ3n) is 4.50. The largest absolute Gasteiger partial charge is 0.336 e. The molecule has 0 atom stereocenters. The first kappa shape index (κ1) is 22.9. The fourth-order valence-electron chi connectivity index (χ4n) is 2.81. The van der Waals surface area contributed by atoms with Crippen LogP contribution < -0.4 is 0 Å². The SMILES string of the molecule is C=CC(=O)N1CCN(C(=O)C=C)CC1.C=CC(=O)N1CCN(C(=O)C=C)CC1. The van der Waals surface area contributed by atoms with Gasteiger partial charge in [-0.2, -0.15) is 0 Å². The molecular weight excluding hydrogens is 360 g/mol. The summed E-state index contributed by atoms with van der Waals surface area (Å²) in [6.07, 6.45) is 5.19. The van der Waals surface area contributed by atoms with Crippen LogP contribution in [-0.4, -0.2) is 95.6 Å². The first-order valence-electron chi connectivity index (χ1n) is 9.03. The number of hydrogen-bond acceptors (Lipinski definition) is 4. The lowest BCUT2D eigenvalue weighted by atomic mass is 10.3. The van der Waals surface area contributed by atoms with Crippen LogP contribution in [0.2, 0.25) is 0 Å². The third kappa shape index (κ3) is 6.53. The Kier molecular flexibility index (Phi) is 9.42. The van der Waals surface area contributed by atoms with Gasteiger partial charge in [-0.15, -0.1) is 0 Å². The molecule has 0 radical (unpaired) electrons. The minimum Gasteiger partial charge on any atom is -0.336 e. The Morgan fingerprint density at radius 3 is 0.679 bits per heavy atom. The van der Waals surface area contributed by atoms with E-state index in [0.717, 1.165) is 0 Å². The van der Waals surface area contributed by atoms with Gasteiger partial charge in [0, 0.05) is 52.4 Å². The molecule has 0 N–H and O–H groups in total. The quantitative estimate of drug-likeness (QED) is 0.638. The molecule has 0 aromatic heterocycles. The highest BCUT2D eigenvalue weighted by Crippen LogP contribution is 2.04. The van der Waals surface area contributed by atoms with Gasteiger partial charge in [0.2, 0.25) is 23.6 Å². The highest BCUT2D eigenvalue weighted by atomic mass is 16.2. The Balaban J connectivity index is 0.000000280. The molecule has 8 heteroatoms. The summed E-state index contributed by atoms with van der Waals surface area (Å²) in [6, 6.07) is 0. The van der Waals surface area contributed by atoms with Crippen molar-refractivity contribution in [2.45, 2.75) is 0 Å². The molecule has 152 valence electrons. The van der Waals surface area contributed by atoms with Gasteiger partial charge in [0.1, 0.15) is 0 Å². The standard InChI is InChI=1S/2C10H14N2O2/c2*1-3-9(13)11-5-7-12(8-6-11)10(14)4-2/h2*3-4H,1-2,5-8H2. The van der Waals surface area contributed by atoms with Crippen molar-refractivity contribution < 1.29 is 19.2 Å². The molecule has 2 rings (SSSR count). The van der Waals surface area contributed by atoms with E-state index in [4.69, 9.17) is 0 Å². The van der Waals surface area contributed by atoms with Crippen LogP contribution in [0.4, 0.5) is 0 Å². The van der Waals surface area contributed by atoms with Gasteiger partial charge < -0.3 is 19.6 Å². The molecule has 8 nitrogen and oxygen atoms in total. The van der Waals surface area contributed by atoms with Crippen LogP contribution in [0.15, 0.2) is 50.6 Å². The van der Waals surface area contributed by atoms with Crippen LogP contribution in [0.25, 0.3) is 0 Å². The molecule has 2 saturated heterocycles. The Bertz CT molecular complexity index is 531. The van der Waals surface area contributed by atoms with E-state index in [-0.39, 0.29) is 23.6 Å². The van der Waals surface area contributed by atoms with Crippen molar-refractivity contribution in [1.82, 2.24) is 19.6 Å². The van der Waals surface area contributed by atoms with Gasteiger partial charge in [-0.3, -0.25) is 19.2 Å². The molecule has 0 aromatic rings. The molecule has 0 unspecified atom stereocenters. The molecule has 2 heterocycles. The Hall–Kier alpha value is -3.16. The summed E-state index contributed by atoms with van der Waals surface area (Å²) in [4.78, 5) is 51.5. The molecule has 2 aliphatic rings. The lowest BCUT2D eigenvalue weighted by molar-refractivity contribution is -0.134. The normalized spacial score (nSPS) is 16.3. The zero-order valence-corrected chi connectivity index (χ0v) is 16.2. The van der Waals surface area contributed by atoms with E-state index < -0.39 is 0 Å². The fourth-order valence-corrected chi connectivity index (χ4v) is 2.81. The molecule has 2 aliphatic heterocycles. The van der Waals surface area contributed by atoms with Crippen LogP contribution in [0.3, 0.4) is 0 Å². The van der Waals surface area contributed by atoms with Gasteiger partial charge in [0.25, 0.3) is 0 Å². The average molecular weight is 388 g/mol. The Labute approximate surface area is 166 Å². The van der Waals surface area contributed by atoms with Gasteiger partial charge >= 0.3 is 0 Å². The van der Waals surface area contributed by atoms with Crippen molar-refractivity contribution in [2.75, 3.05) is 52.4 Å².